The summed E-state index contributed by atoms with van der Waals surface area (Å²) in [5.41, 5.74) is -3.46. The predicted molar refractivity (Wildman–Crippen MR) is 85.6 cm³/mol. The predicted octanol–water partition coefficient (Wildman–Crippen LogP) is 6.36. The van der Waals surface area contributed by atoms with Crippen molar-refractivity contribution in [2.24, 2.45) is 0 Å². The lowest BCUT2D eigenvalue weighted by Gasteiger charge is -2.16. The zero-order valence-electron chi connectivity index (χ0n) is 13.2. The maximum atomic E-state index is 14.5. The third-order valence-corrected chi connectivity index (χ3v) is 4.33. The van der Waals surface area contributed by atoms with Gasteiger partial charge in [0.2, 0.25) is 0 Å². The van der Waals surface area contributed by atoms with Gasteiger partial charge in [0.25, 0.3) is 0 Å². The van der Waals surface area contributed by atoms with Gasteiger partial charge < -0.3 is 4.57 Å². The number of aromatic nitrogens is 1. The molecule has 0 amide bonds. The minimum absolute atomic E-state index is 0.190. The highest BCUT2D eigenvalue weighted by molar-refractivity contribution is 6.09. The Labute approximate surface area is 147 Å². The van der Waals surface area contributed by atoms with Crippen LogP contribution in [0.15, 0.2) is 48.5 Å². The molecule has 0 aliphatic rings. The molecule has 4 rings (SSSR count). The third kappa shape index (κ3) is 2.39. The van der Waals surface area contributed by atoms with Gasteiger partial charge in [-0.3, -0.25) is 0 Å². The number of rotatable bonds is 1. The number of hydrogen-bond donors (Lipinski definition) is 0. The Balaban J connectivity index is 2.20. The SMILES string of the molecule is Fc1c(F)c(C(F)(F)F)c(F)c(F)c1-n1c2ccccc2c2ccccc21. The van der Waals surface area contributed by atoms with Crippen LogP contribution in [0, 0.1) is 23.3 Å². The first-order valence-electron chi connectivity index (χ1n) is 7.65. The Morgan fingerprint density at radius 1 is 0.593 bits per heavy atom. The van der Waals surface area contributed by atoms with Crippen molar-refractivity contribution in [3.05, 3.63) is 77.4 Å². The molecule has 8 heteroatoms. The number of alkyl halides is 3. The highest BCUT2D eigenvalue weighted by atomic mass is 19.4. The molecule has 0 saturated carbocycles. The number of hydrogen-bond acceptors (Lipinski definition) is 0. The average Bonchev–Trinajstić information content (AvgIpc) is 2.94. The lowest BCUT2D eigenvalue weighted by Crippen LogP contribution is -2.17. The summed E-state index contributed by atoms with van der Waals surface area (Å²) in [7, 11) is 0. The van der Waals surface area contributed by atoms with Gasteiger partial charge in [0.1, 0.15) is 11.3 Å². The molecule has 1 aromatic heterocycles. The van der Waals surface area contributed by atoms with Crippen molar-refractivity contribution in [3.63, 3.8) is 0 Å². The normalized spacial score (nSPS) is 12.3. The van der Waals surface area contributed by atoms with Crippen LogP contribution in [0.3, 0.4) is 0 Å². The summed E-state index contributed by atoms with van der Waals surface area (Å²) in [4.78, 5) is 0. The molecule has 3 aromatic carbocycles. The maximum absolute atomic E-state index is 14.5. The molecule has 0 N–H and O–H groups in total. The van der Waals surface area contributed by atoms with E-state index in [9.17, 15) is 30.7 Å². The van der Waals surface area contributed by atoms with Gasteiger partial charge in [-0.25, -0.2) is 17.6 Å². The second kappa shape index (κ2) is 5.73. The zero-order valence-corrected chi connectivity index (χ0v) is 13.2. The van der Waals surface area contributed by atoms with Gasteiger partial charge in [0, 0.05) is 10.8 Å². The first-order chi connectivity index (χ1) is 12.7. The fourth-order valence-corrected chi connectivity index (χ4v) is 3.23. The van der Waals surface area contributed by atoms with Crippen molar-refractivity contribution in [2.45, 2.75) is 6.18 Å². The van der Waals surface area contributed by atoms with Crippen molar-refractivity contribution in [3.8, 4) is 5.69 Å². The molecule has 0 atom stereocenters. The Morgan fingerprint density at radius 2 is 1.00 bits per heavy atom. The van der Waals surface area contributed by atoms with E-state index in [1.54, 1.807) is 24.3 Å². The van der Waals surface area contributed by atoms with E-state index in [1.807, 2.05) is 0 Å². The Morgan fingerprint density at radius 3 is 1.41 bits per heavy atom. The molecule has 0 fully saturated rings. The van der Waals surface area contributed by atoms with Crippen LogP contribution >= 0.6 is 0 Å². The van der Waals surface area contributed by atoms with Gasteiger partial charge in [0.05, 0.1) is 11.0 Å². The van der Waals surface area contributed by atoms with E-state index >= 15 is 0 Å². The zero-order chi connectivity index (χ0) is 19.5. The monoisotopic (exact) mass is 383 g/mol. The van der Waals surface area contributed by atoms with Crippen LogP contribution in [-0.4, -0.2) is 4.57 Å². The van der Waals surface area contributed by atoms with Gasteiger partial charge in [-0.15, -0.1) is 0 Å². The highest BCUT2D eigenvalue weighted by Crippen LogP contribution is 2.40. The molecule has 0 spiro atoms. The fraction of sp³-hybridized carbons (Fsp3) is 0.0526. The van der Waals surface area contributed by atoms with Gasteiger partial charge in [-0.2, -0.15) is 13.2 Å². The molecular weight excluding hydrogens is 375 g/mol. The van der Waals surface area contributed by atoms with Crippen LogP contribution in [0.4, 0.5) is 30.7 Å². The summed E-state index contributed by atoms with van der Waals surface area (Å²) in [5, 5.41) is 1.04. The van der Waals surface area contributed by atoms with E-state index < -0.39 is 40.7 Å². The van der Waals surface area contributed by atoms with Crippen molar-refractivity contribution < 1.29 is 30.7 Å². The molecule has 0 aliphatic heterocycles. The summed E-state index contributed by atoms with van der Waals surface area (Å²) in [5.74, 6) is -9.21. The summed E-state index contributed by atoms with van der Waals surface area (Å²) >= 11 is 0. The van der Waals surface area contributed by atoms with Crippen LogP contribution in [0.5, 0.6) is 0 Å². The molecule has 0 aliphatic carbocycles. The molecule has 4 aromatic rings. The van der Waals surface area contributed by atoms with Crippen LogP contribution in [0.25, 0.3) is 27.5 Å². The Hall–Kier alpha value is -3.03. The second-order valence-corrected chi connectivity index (χ2v) is 5.85. The lowest BCUT2D eigenvalue weighted by atomic mass is 10.1. The molecule has 0 radical (unpaired) electrons. The summed E-state index contributed by atoms with van der Waals surface area (Å²) in [6.45, 7) is 0. The van der Waals surface area contributed by atoms with Crippen molar-refractivity contribution >= 4 is 21.8 Å². The maximum Gasteiger partial charge on any atom is 0.422 e. The molecule has 1 heterocycles. The topological polar surface area (TPSA) is 4.93 Å². The van der Waals surface area contributed by atoms with E-state index in [0.29, 0.717) is 10.8 Å². The summed E-state index contributed by atoms with van der Waals surface area (Å²) in [6, 6.07) is 12.5. The fourth-order valence-electron chi connectivity index (χ4n) is 3.23. The second-order valence-electron chi connectivity index (χ2n) is 5.85. The van der Waals surface area contributed by atoms with Crippen molar-refractivity contribution in [1.29, 1.82) is 0 Å². The van der Waals surface area contributed by atoms with Crippen LogP contribution in [0.2, 0.25) is 0 Å². The van der Waals surface area contributed by atoms with E-state index in [-0.39, 0.29) is 11.0 Å². The number of halogens is 7. The minimum Gasteiger partial charge on any atom is -0.304 e. The van der Waals surface area contributed by atoms with E-state index in [0.717, 1.165) is 4.57 Å². The summed E-state index contributed by atoms with van der Waals surface area (Å²) < 4.78 is 96.6. The van der Waals surface area contributed by atoms with Gasteiger partial charge in [-0.1, -0.05) is 36.4 Å². The summed E-state index contributed by atoms with van der Waals surface area (Å²) in [6.07, 6.45) is -5.59. The van der Waals surface area contributed by atoms with Crippen LogP contribution in [-0.2, 0) is 6.18 Å². The molecule has 138 valence electrons. The number of nitrogens with zero attached hydrogens (tertiary/aromatic N) is 1. The van der Waals surface area contributed by atoms with Gasteiger partial charge >= 0.3 is 6.18 Å². The quantitative estimate of drug-likeness (QED) is 0.266. The number of fused-ring (bicyclic) bond motifs is 3. The third-order valence-electron chi connectivity index (χ3n) is 4.33. The molecule has 0 unspecified atom stereocenters. The first-order valence-corrected chi connectivity index (χ1v) is 7.65. The molecule has 27 heavy (non-hydrogen) atoms. The molecule has 1 nitrogen and oxygen atoms in total. The van der Waals surface area contributed by atoms with Crippen molar-refractivity contribution in [1.82, 2.24) is 4.57 Å². The van der Waals surface area contributed by atoms with E-state index in [4.69, 9.17) is 0 Å². The van der Waals surface area contributed by atoms with Gasteiger partial charge in [-0.05, 0) is 12.1 Å². The highest BCUT2D eigenvalue weighted by Gasteiger charge is 2.42. The smallest absolute Gasteiger partial charge is 0.304 e. The number of benzene rings is 3. The van der Waals surface area contributed by atoms with E-state index in [1.165, 1.54) is 24.3 Å². The lowest BCUT2D eigenvalue weighted by molar-refractivity contribution is -0.143. The first kappa shape index (κ1) is 17.4. The Bertz CT molecular complexity index is 1120. The van der Waals surface area contributed by atoms with Crippen LogP contribution in [0.1, 0.15) is 5.56 Å². The van der Waals surface area contributed by atoms with Crippen LogP contribution < -0.4 is 0 Å². The van der Waals surface area contributed by atoms with Crippen molar-refractivity contribution in [2.75, 3.05) is 0 Å². The minimum atomic E-state index is -5.59. The largest absolute Gasteiger partial charge is 0.422 e. The number of para-hydroxylation sites is 2. The molecule has 0 saturated heterocycles. The Kier molecular flexibility index (Phi) is 3.69. The standard InChI is InChI=1S/C19H8F7N/c20-14-13(19(24,25)26)15(21)17(23)18(16(14)22)27-11-7-3-1-5-9(11)10-6-2-4-8-12(10)27/h1-8H. The van der Waals surface area contributed by atoms with E-state index in [2.05, 4.69) is 0 Å². The van der Waals surface area contributed by atoms with Gasteiger partial charge in [0.15, 0.2) is 23.3 Å². The molecular formula is C19H8F7N. The average molecular weight is 383 g/mol. The molecule has 0 bridgehead atoms.